The predicted molar refractivity (Wildman–Crippen MR) is 74.8 cm³/mol. The lowest BCUT2D eigenvalue weighted by Crippen LogP contribution is -2.24. The molecule has 1 aromatic carbocycles. The highest BCUT2D eigenvalue weighted by molar-refractivity contribution is 9.09. The third-order valence-electron chi connectivity index (χ3n) is 3.51. The van der Waals surface area contributed by atoms with Gasteiger partial charge in [0.05, 0.1) is 0 Å². The molecule has 16 heavy (non-hydrogen) atoms. The topological polar surface area (TPSA) is 0 Å². The van der Waals surface area contributed by atoms with E-state index in [1.54, 1.807) is 0 Å². The standard InChI is InChI=1S/C13H15BrCl2/c1-13(8-14,9-5-6-9)7-10-11(15)3-2-4-12(10)16/h2-4,9H,5-8H2,1H3. The lowest BCUT2D eigenvalue weighted by molar-refractivity contribution is 0.319. The van der Waals surface area contributed by atoms with Crippen molar-refractivity contribution in [3.63, 3.8) is 0 Å². The molecule has 0 N–H and O–H groups in total. The van der Waals surface area contributed by atoms with Crippen LogP contribution in [0.5, 0.6) is 0 Å². The quantitative estimate of drug-likeness (QED) is 0.656. The van der Waals surface area contributed by atoms with Gasteiger partial charge in [0, 0.05) is 15.4 Å². The fourth-order valence-corrected chi connectivity index (χ4v) is 3.37. The molecule has 0 saturated heterocycles. The van der Waals surface area contributed by atoms with Crippen molar-refractivity contribution in [2.45, 2.75) is 26.2 Å². The van der Waals surface area contributed by atoms with Crippen LogP contribution in [0.25, 0.3) is 0 Å². The van der Waals surface area contributed by atoms with Crippen LogP contribution in [0, 0.1) is 11.3 Å². The van der Waals surface area contributed by atoms with Crippen molar-refractivity contribution >= 4 is 39.1 Å². The summed E-state index contributed by atoms with van der Waals surface area (Å²) in [7, 11) is 0. The number of rotatable bonds is 4. The van der Waals surface area contributed by atoms with E-state index in [2.05, 4.69) is 22.9 Å². The Hall–Kier alpha value is 0.280. The Morgan fingerprint density at radius 2 is 1.88 bits per heavy atom. The fourth-order valence-electron chi connectivity index (χ4n) is 2.19. The molecule has 1 aromatic rings. The van der Waals surface area contributed by atoms with Crippen LogP contribution >= 0.6 is 39.1 Å². The molecule has 1 aliphatic carbocycles. The number of alkyl halides is 1. The molecule has 0 spiro atoms. The Labute approximate surface area is 115 Å². The van der Waals surface area contributed by atoms with Crippen molar-refractivity contribution in [2.24, 2.45) is 11.3 Å². The minimum absolute atomic E-state index is 0.286. The van der Waals surface area contributed by atoms with E-state index in [0.29, 0.717) is 0 Å². The van der Waals surface area contributed by atoms with Crippen molar-refractivity contribution < 1.29 is 0 Å². The largest absolute Gasteiger partial charge is 0.0922 e. The Balaban J connectivity index is 2.25. The molecule has 88 valence electrons. The SMILES string of the molecule is CC(CBr)(Cc1c(Cl)cccc1Cl)C1CC1. The zero-order chi connectivity index (χ0) is 11.8. The second-order valence-corrected chi connectivity index (χ2v) is 6.31. The van der Waals surface area contributed by atoms with Crippen LogP contribution in [0.2, 0.25) is 10.0 Å². The molecular formula is C13H15BrCl2. The molecular weight excluding hydrogens is 307 g/mol. The van der Waals surface area contributed by atoms with Gasteiger partial charge in [-0.05, 0) is 48.3 Å². The molecule has 0 nitrogen and oxygen atoms in total. The zero-order valence-corrected chi connectivity index (χ0v) is 12.4. The van der Waals surface area contributed by atoms with Gasteiger partial charge < -0.3 is 0 Å². The lowest BCUT2D eigenvalue weighted by Gasteiger charge is -2.28. The van der Waals surface area contributed by atoms with Gasteiger partial charge in [0.25, 0.3) is 0 Å². The Morgan fingerprint density at radius 1 is 1.31 bits per heavy atom. The summed E-state index contributed by atoms with van der Waals surface area (Å²) in [5.41, 5.74) is 1.38. The first-order valence-corrected chi connectivity index (χ1v) is 7.43. The normalized spacial score (nSPS) is 19.5. The van der Waals surface area contributed by atoms with Gasteiger partial charge in [0.1, 0.15) is 0 Å². The fraction of sp³-hybridized carbons (Fsp3) is 0.538. The molecule has 3 heteroatoms. The molecule has 1 aliphatic rings. The minimum atomic E-state index is 0.286. The zero-order valence-electron chi connectivity index (χ0n) is 9.27. The summed E-state index contributed by atoms with van der Waals surface area (Å²) >= 11 is 16.1. The van der Waals surface area contributed by atoms with E-state index in [-0.39, 0.29) is 5.41 Å². The molecule has 2 rings (SSSR count). The Morgan fingerprint density at radius 3 is 2.31 bits per heavy atom. The highest BCUT2D eigenvalue weighted by atomic mass is 79.9. The number of hydrogen-bond donors (Lipinski definition) is 0. The average molecular weight is 322 g/mol. The van der Waals surface area contributed by atoms with Crippen molar-refractivity contribution in [3.05, 3.63) is 33.8 Å². The van der Waals surface area contributed by atoms with Gasteiger partial charge in [-0.15, -0.1) is 0 Å². The van der Waals surface area contributed by atoms with E-state index in [1.807, 2.05) is 18.2 Å². The van der Waals surface area contributed by atoms with E-state index in [0.717, 1.165) is 33.3 Å². The van der Waals surface area contributed by atoms with Gasteiger partial charge in [0.15, 0.2) is 0 Å². The lowest BCUT2D eigenvalue weighted by atomic mass is 9.81. The van der Waals surface area contributed by atoms with Gasteiger partial charge in [-0.25, -0.2) is 0 Å². The summed E-state index contributed by atoms with van der Waals surface area (Å²) < 4.78 is 0. The first kappa shape index (κ1) is 12.7. The summed E-state index contributed by atoms with van der Waals surface area (Å²) in [6.07, 6.45) is 3.63. The Kier molecular flexibility index (Phi) is 3.88. The number of hydrogen-bond acceptors (Lipinski definition) is 0. The molecule has 1 atom stereocenters. The van der Waals surface area contributed by atoms with Crippen LogP contribution in [-0.4, -0.2) is 5.33 Å². The van der Waals surface area contributed by atoms with Crippen molar-refractivity contribution in [1.29, 1.82) is 0 Å². The molecule has 0 heterocycles. The van der Waals surface area contributed by atoms with Crippen LogP contribution in [0.3, 0.4) is 0 Å². The van der Waals surface area contributed by atoms with Crippen molar-refractivity contribution in [2.75, 3.05) is 5.33 Å². The summed E-state index contributed by atoms with van der Waals surface area (Å²) in [6.45, 7) is 2.32. The van der Waals surface area contributed by atoms with Gasteiger partial charge in [-0.3, -0.25) is 0 Å². The smallest absolute Gasteiger partial charge is 0.0453 e. The molecule has 0 amide bonds. The molecule has 1 saturated carbocycles. The van der Waals surface area contributed by atoms with Crippen LogP contribution < -0.4 is 0 Å². The van der Waals surface area contributed by atoms with Gasteiger partial charge in [-0.2, -0.15) is 0 Å². The molecule has 0 aromatic heterocycles. The monoisotopic (exact) mass is 320 g/mol. The molecule has 1 fully saturated rings. The van der Waals surface area contributed by atoms with Gasteiger partial charge in [0.2, 0.25) is 0 Å². The third-order valence-corrected chi connectivity index (χ3v) is 5.50. The van der Waals surface area contributed by atoms with E-state index in [1.165, 1.54) is 12.8 Å². The average Bonchev–Trinajstić information content (AvgIpc) is 3.07. The number of halogens is 3. The predicted octanol–water partition coefficient (Wildman–Crippen LogP) is 5.35. The van der Waals surface area contributed by atoms with Crippen molar-refractivity contribution in [1.82, 2.24) is 0 Å². The molecule has 0 bridgehead atoms. The summed E-state index contributed by atoms with van der Waals surface area (Å²) in [4.78, 5) is 0. The first-order chi connectivity index (χ1) is 7.57. The molecule has 1 unspecified atom stereocenters. The molecule has 0 radical (unpaired) electrons. The van der Waals surface area contributed by atoms with Gasteiger partial charge in [-0.1, -0.05) is 52.1 Å². The number of benzene rings is 1. The second-order valence-electron chi connectivity index (χ2n) is 4.94. The van der Waals surface area contributed by atoms with Crippen LogP contribution in [-0.2, 0) is 6.42 Å². The van der Waals surface area contributed by atoms with E-state index >= 15 is 0 Å². The maximum atomic E-state index is 6.22. The first-order valence-electron chi connectivity index (χ1n) is 5.56. The minimum Gasteiger partial charge on any atom is -0.0922 e. The summed E-state index contributed by atoms with van der Waals surface area (Å²) in [5, 5.41) is 2.59. The van der Waals surface area contributed by atoms with Crippen LogP contribution in [0.15, 0.2) is 18.2 Å². The maximum absolute atomic E-state index is 6.22. The second kappa shape index (κ2) is 4.88. The Bertz CT molecular complexity index is 367. The van der Waals surface area contributed by atoms with Crippen LogP contribution in [0.1, 0.15) is 25.3 Å². The highest BCUT2D eigenvalue weighted by Gasteiger charge is 2.41. The third kappa shape index (κ3) is 2.57. The highest BCUT2D eigenvalue weighted by Crippen LogP contribution is 2.49. The molecule has 0 aliphatic heterocycles. The van der Waals surface area contributed by atoms with Crippen molar-refractivity contribution in [3.8, 4) is 0 Å². The van der Waals surface area contributed by atoms with E-state index in [9.17, 15) is 0 Å². The summed E-state index contributed by atoms with van der Waals surface area (Å²) in [5.74, 6) is 0.819. The maximum Gasteiger partial charge on any atom is 0.0453 e. The summed E-state index contributed by atoms with van der Waals surface area (Å²) in [6, 6.07) is 5.74. The van der Waals surface area contributed by atoms with Crippen LogP contribution in [0.4, 0.5) is 0 Å². The van der Waals surface area contributed by atoms with E-state index in [4.69, 9.17) is 23.2 Å². The van der Waals surface area contributed by atoms with E-state index < -0.39 is 0 Å². The van der Waals surface area contributed by atoms with Gasteiger partial charge >= 0.3 is 0 Å².